The molecule has 0 saturated heterocycles. The summed E-state index contributed by atoms with van der Waals surface area (Å²) in [6, 6.07) is 0. The van der Waals surface area contributed by atoms with Crippen LogP contribution in [0.4, 0.5) is 5.69 Å². The molecule has 1 heterocycles. The number of aromatic nitrogens is 2. The van der Waals surface area contributed by atoms with Crippen LogP contribution in [-0.2, 0) is 4.79 Å². The fraction of sp³-hybridized carbons (Fsp3) is 0.615. The molecule has 7 nitrogen and oxygen atoms in total. The summed E-state index contributed by atoms with van der Waals surface area (Å²) in [7, 11) is 0. The third-order valence-electron chi connectivity index (χ3n) is 4.11. The molecule has 0 aliphatic heterocycles. The normalized spacial score (nSPS) is 18.8. The van der Waals surface area contributed by atoms with E-state index in [1.807, 2.05) is 13.8 Å². The first-order valence-corrected chi connectivity index (χ1v) is 6.82. The summed E-state index contributed by atoms with van der Waals surface area (Å²) in [4.78, 5) is 12.7. The maximum absolute atomic E-state index is 12.7. The molecule has 2 rings (SSSR count). The van der Waals surface area contributed by atoms with Crippen LogP contribution in [0.1, 0.15) is 43.5 Å². The number of nitrogens with zero attached hydrogens (tertiary/aromatic N) is 2. The Bertz CT molecular complexity index is 509. The molecule has 1 aromatic rings. The number of amides is 1. The second-order valence-electron chi connectivity index (χ2n) is 5.39. The van der Waals surface area contributed by atoms with E-state index in [-0.39, 0.29) is 11.7 Å². The monoisotopic (exact) mass is 279 g/mol. The first kappa shape index (κ1) is 14.4. The van der Waals surface area contributed by atoms with Crippen molar-refractivity contribution in [3.8, 4) is 0 Å². The summed E-state index contributed by atoms with van der Waals surface area (Å²) in [6.45, 7) is 3.66. The number of nitrogens with two attached hydrogens (primary N) is 1. The number of amidine groups is 1. The minimum absolute atomic E-state index is 0.00602. The van der Waals surface area contributed by atoms with Gasteiger partial charge in [-0.3, -0.25) is 9.89 Å². The van der Waals surface area contributed by atoms with Crippen LogP contribution in [0.2, 0.25) is 0 Å². The highest BCUT2D eigenvalue weighted by Gasteiger charge is 2.44. The average molecular weight is 279 g/mol. The molecule has 0 unspecified atom stereocenters. The summed E-state index contributed by atoms with van der Waals surface area (Å²) in [5, 5.41) is 21.8. The highest BCUT2D eigenvalue weighted by Crippen LogP contribution is 2.38. The Balaban J connectivity index is 2.28. The molecule has 1 saturated carbocycles. The van der Waals surface area contributed by atoms with Gasteiger partial charge < -0.3 is 16.3 Å². The molecule has 110 valence electrons. The Labute approximate surface area is 117 Å². The summed E-state index contributed by atoms with van der Waals surface area (Å²) >= 11 is 0. The van der Waals surface area contributed by atoms with Crippen LogP contribution in [0.25, 0.3) is 0 Å². The highest BCUT2D eigenvalue weighted by molar-refractivity contribution is 6.12. The summed E-state index contributed by atoms with van der Waals surface area (Å²) < 4.78 is 0. The van der Waals surface area contributed by atoms with Crippen molar-refractivity contribution in [2.75, 3.05) is 5.32 Å². The predicted molar refractivity (Wildman–Crippen MR) is 75.6 cm³/mol. The standard InChI is InChI=1S/C13H21N5O2/c1-8-10(9(2)17-16-8)15-12(19)13(11(14)18-20)6-4-3-5-7-13/h20H,3-7H2,1-2H3,(H2,14,18)(H,15,19)(H,16,17). The van der Waals surface area contributed by atoms with E-state index in [0.717, 1.165) is 30.7 Å². The number of hydrogen-bond donors (Lipinski definition) is 4. The average Bonchev–Trinajstić information content (AvgIpc) is 2.78. The van der Waals surface area contributed by atoms with E-state index in [9.17, 15) is 4.79 Å². The number of rotatable bonds is 3. The maximum Gasteiger partial charge on any atom is 0.238 e. The van der Waals surface area contributed by atoms with Gasteiger partial charge in [-0.15, -0.1) is 0 Å². The molecule has 1 aliphatic carbocycles. The van der Waals surface area contributed by atoms with Gasteiger partial charge in [-0.05, 0) is 26.7 Å². The maximum atomic E-state index is 12.7. The van der Waals surface area contributed by atoms with Gasteiger partial charge >= 0.3 is 0 Å². The van der Waals surface area contributed by atoms with E-state index in [1.54, 1.807) is 0 Å². The number of aromatic amines is 1. The first-order valence-electron chi connectivity index (χ1n) is 6.82. The molecule has 0 radical (unpaired) electrons. The number of H-pyrrole nitrogens is 1. The number of carbonyl (C=O) groups excluding carboxylic acids is 1. The molecule has 20 heavy (non-hydrogen) atoms. The van der Waals surface area contributed by atoms with E-state index in [1.165, 1.54) is 0 Å². The number of carbonyl (C=O) groups is 1. The first-order chi connectivity index (χ1) is 9.51. The number of aryl methyl sites for hydroxylation is 2. The van der Waals surface area contributed by atoms with Crippen molar-refractivity contribution in [3.63, 3.8) is 0 Å². The van der Waals surface area contributed by atoms with Gasteiger partial charge in [-0.1, -0.05) is 24.4 Å². The molecule has 1 fully saturated rings. The molecule has 1 aromatic heterocycles. The molecular weight excluding hydrogens is 258 g/mol. The minimum Gasteiger partial charge on any atom is -0.409 e. The zero-order chi connectivity index (χ0) is 14.8. The predicted octanol–water partition coefficient (Wildman–Crippen LogP) is 1.66. The summed E-state index contributed by atoms with van der Waals surface area (Å²) in [6.07, 6.45) is 4.06. The van der Waals surface area contributed by atoms with Crippen LogP contribution in [-0.4, -0.2) is 27.1 Å². The minimum atomic E-state index is -0.914. The SMILES string of the molecule is Cc1n[nH]c(C)c1NC(=O)C1(C(N)=NO)CCCCC1. The topological polar surface area (TPSA) is 116 Å². The number of anilines is 1. The van der Waals surface area contributed by atoms with Crippen molar-refractivity contribution in [3.05, 3.63) is 11.4 Å². The van der Waals surface area contributed by atoms with E-state index in [2.05, 4.69) is 20.7 Å². The van der Waals surface area contributed by atoms with Crippen molar-refractivity contribution < 1.29 is 10.0 Å². The second kappa shape index (κ2) is 5.52. The van der Waals surface area contributed by atoms with Crippen molar-refractivity contribution >= 4 is 17.4 Å². The lowest BCUT2D eigenvalue weighted by Gasteiger charge is -2.34. The summed E-state index contributed by atoms with van der Waals surface area (Å²) in [5.74, 6) is -0.228. The van der Waals surface area contributed by atoms with Crippen molar-refractivity contribution in [1.82, 2.24) is 10.2 Å². The number of nitrogens with one attached hydrogen (secondary N) is 2. The van der Waals surface area contributed by atoms with Crippen molar-refractivity contribution in [2.45, 2.75) is 46.0 Å². The lowest BCUT2D eigenvalue weighted by Crippen LogP contribution is -2.48. The molecule has 0 spiro atoms. The van der Waals surface area contributed by atoms with Gasteiger partial charge in [0.25, 0.3) is 0 Å². The van der Waals surface area contributed by atoms with Gasteiger partial charge in [-0.2, -0.15) is 5.10 Å². The zero-order valence-electron chi connectivity index (χ0n) is 11.9. The molecule has 7 heteroatoms. The molecule has 1 aliphatic rings. The molecule has 1 amide bonds. The Morgan fingerprint density at radius 1 is 1.40 bits per heavy atom. The van der Waals surface area contributed by atoms with Crippen LogP contribution >= 0.6 is 0 Å². The van der Waals surface area contributed by atoms with Crippen LogP contribution in [0, 0.1) is 19.3 Å². The van der Waals surface area contributed by atoms with Crippen LogP contribution in [0.15, 0.2) is 5.16 Å². The van der Waals surface area contributed by atoms with E-state index < -0.39 is 5.41 Å². The molecule has 0 atom stereocenters. The van der Waals surface area contributed by atoms with Crippen LogP contribution < -0.4 is 11.1 Å². The highest BCUT2D eigenvalue weighted by atomic mass is 16.4. The molecule has 0 aromatic carbocycles. The smallest absolute Gasteiger partial charge is 0.238 e. The van der Waals surface area contributed by atoms with Crippen molar-refractivity contribution in [1.29, 1.82) is 0 Å². The Hall–Kier alpha value is -2.05. The lowest BCUT2D eigenvalue weighted by molar-refractivity contribution is -0.123. The van der Waals surface area contributed by atoms with Crippen LogP contribution in [0.3, 0.4) is 0 Å². The number of oxime groups is 1. The Kier molecular flexibility index (Phi) is 3.96. The largest absolute Gasteiger partial charge is 0.409 e. The summed E-state index contributed by atoms with van der Waals surface area (Å²) in [5.41, 5.74) is 7.08. The van der Waals surface area contributed by atoms with Gasteiger partial charge in [0, 0.05) is 0 Å². The third kappa shape index (κ3) is 2.35. The zero-order valence-corrected chi connectivity index (χ0v) is 11.9. The van der Waals surface area contributed by atoms with E-state index in [4.69, 9.17) is 10.9 Å². The fourth-order valence-electron chi connectivity index (χ4n) is 2.82. The van der Waals surface area contributed by atoms with Gasteiger partial charge in [0.1, 0.15) is 5.41 Å². The molecule has 5 N–H and O–H groups in total. The van der Waals surface area contributed by atoms with Gasteiger partial charge in [0.2, 0.25) is 5.91 Å². The Morgan fingerprint density at radius 3 is 2.55 bits per heavy atom. The molecular formula is C13H21N5O2. The fourth-order valence-corrected chi connectivity index (χ4v) is 2.82. The van der Waals surface area contributed by atoms with E-state index in [0.29, 0.717) is 18.5 Å². The lowest BCUT2D eigenvalue weighted by atomic mass is 9.72. The Morgan fingerprint density at radius 2 is 2.05 bits per heavy atom. The molecule has 0 bridgehead atoms. The van der Waals surface area contributed by atoms with Crippen LogP contribution in [0.5, 0.6) is 0 Å². The van der Waals surface area contributed by atoms with E-state index >= 15 is 0 Å². The van der Waals surface area contributed by atoms with Crippen molar-refractivity contribution in [2.24, 2.45) is 16.3 Å². The van der Waals surface area contributed by atoms with Gasteiger partial charge in [0.05, 0.1) is 17.1 Å². The number of hydrogen-bond acceptors (Lipinski definition) is 4. The van der Waals surface area contributed by atoms with Gasteiger partial charge in [-0.25, -0.2) is 0 Å². The van der Waals surface area contributed by atoms with Gasteiger partial charge in [0.15, 0.2) is 5.84 Å². The quantitative estimate of drug-likeness (QED) is 0.291. The second-order valence-corrected chi connectivity index (χ2v) is 5.39. The third-order valence-corrected chi connectivity index (χ3v) is 4.11.